The smallest absolute Gasteiger partial charge is 0.270 e. The Labute approximate surface area is 267 Å². The number of nitrogens with zero attached hydrogens (tertiary/aromatic N) is 5. The Morgan fingerprint density at radius 3 is 2.00 bits per heavy atom. The second-order valence-corrected chi connectivity index (χ2v) is 10.9. The number of fused-ring (bicyclic) bond motifs is 2. The molecule has 1 aliphatic heterocycles. The molecular weight excluding hydrogens is 610 g/mol. The summed E-state index contributed by atoms with van der Waals surface area (Å²) in [5.74, 6) is -1.36. The number of nitrogens with one attached hydrogen (secondary N) is 3. The molecule has 4 heterocycles. The van der Waals surface area contributed by atoms with Crippen LogP contribution >= 0.6 is 0 Å². The third-order valence-electron chi connectivity index (χ3n) is 8.00. The molecule has 0 saturated carbocycles. The van der Waals surface area contributed by atoms with E-state index >= 15 is 4.39 Å². The molecule has 0 bridgehead atoms. The summed E-state index contributed by atoms with van der Waals surface area (Å²) in [4.78, 5) is 67.6. The fraction of sp³-hybridized carbons (Fsp3) is 0.303. The number of piperazine rings is 1. The van der Waals surface area contributed by atoms with Crippen molar-refractivity contribution in [3.63, 3.8) is 0 Å². The summed E-state index contributed by atoms with van der Waals surface area (Å²) in [6, 6.07) is 9.97. The molecule has 0 radical (unpaired) electrons. The number of rotatable bonds is 7. The van der Waals surface area contributed by atoms with Crippen LogP contribution in [0, 0.1) is 11.6 Å². The number of amides is 1. The van der Waals surface area contributed by atoms with Crippen LogP contribution in [-0.2, 0) is 19.4 Å². The molecule has 0 spiro atoms. The van der Waals surface area contributed by atoms with E-state index in [1.54, 1.807) is 38.4 Å². The number of hydrogen-bond acceptors (Lipinski definition) is 9. The van der Waals surface area contributed by atoms with Crippen molar-refractivity contribution in [2.75, 3.05) is 38.1 Å². The van der Waals surface area contributed by atoms with E-state index in [1.807, 2.05) is 13.0 Å². The molecule has 0 atom stereocenters. The van der Waals surface area contributed by atoms with Crippen LogP contribution in [0.15, 0.2) is 52.2 Å². The van der Waals surface area contributed by atoms with Gasteiger partial charge in [0.05, 0.1) is 28.5 Å². The van der Waals surface area contributed by atoms with Crippen LogP contribution in [0.3, 0.4) is 0 Å². The van der Waals surface area contributed by atoms with Crippen molar-refractivity contribution in [1.29, 1.82) is 0 Å². The molecule has 244 valence electrons. The summed E-state index contributed by atoms with van der Waals surface area (Å²) in [6.45, 7) is 7.17. The third-order valence-corrected chi connectivity index (χ3v) is 8.00. The van der Waals surface area contributed by atoms with Crippen LogP contribution in [0.4, 0.5) is 14.5 Å². The Morgan fingerprint density at radius 2 is 1.47 bits per heavy atom. The maximum absolute atomic E-state index is 15.0. The summed E-state index contributed by atoms with van der Waals surface area (Å²) < 4.78 is 28.7. The average Bonchev–Trinajstić information content (AvgIpc) is 3.10. The van der Waals surface area contributed by atoms with Gasteiger partial charge in [-0.3, -0.25) is 24.1 Å². The van der Waals surface area contributed by atoms with Gasteiger partial charge < -0.3 is 20.2 Å². The normalized spacial score (nSPS) is 13.3. The minimum atomic E-state index is -0.736. The van der Waals surface area contributed by atoms with Crippen LogP contribution in [-0.4, -0.2) is 75.2 Å². The van der Waals surface area contributed by atoms with E-state index in [4.69, 9.17) is 0 Å². The molecule has 3 N–H and O–H groups in total. The molecule has 6 rings (SSSR count). The molecule has 1 aliphatic rings. The highest BCUT2D eigenvalue weighted by Crippen LogP contribution is 2.21. The number of aromatic nitrogens is 5. The first-order valence-electron chi connectivity index (χ1n) is 15.2. The van der Waals surface area contributed by atoms with Crippen LogP contribution in [0.5, 0.6) is 0 Å². The van der Waals surface area contributed by atoms with Gasteiger partial charge in [0, 0.05) is 45.3 Å². The molecule has 5 aromatic rings. The van der Waals surface area contributed by atoms with Gasteiger partial charge in [0.25, 0.3) is 17.0 Å². The summed E-state index contributed by atoms with van der Waals surface area (Å²) in [6.07, 6.45) is 3.09. The van der Waals surface area contributed by atoms with Gasteiger partial charge in [-0.25, -0.2) is 23.7 Å². The second kappa shape index (κ2) is 14.4. The number of anilines is 1. The van der Waals surface area contributed by atoms with Crippen molar-refractivity contribution in [2.24, 2.45) is 0 Å². The fourth-order valence-corrected chi connectivity index (χ4v) is 5.31. The quantitative estimate of drug-likeness (QED) is 0.227. The Balaban J connectivity index is 0.000000227. The van der Waals surface area contributed by atoms with E-state index < -0.39 is 17.2 Å². The van der Waals surface area contributed by atoms with Crippen molar-refractivity contribution < 1.29 is 18.4 Å². The molecular formula is C33H34F2N8O4. The zero-order valence-electron chi connectivity index (χ0n) is 26.2. The van der Waals surface area contributed by atoms with Crippen molar-refractivity contribution in [3.8, 4) is 0 Å². The lowest BCUT2D eigenvalue weighted by atomic mass is 10.1. The SMILES string of the molecule is CCc1nc2ccc(C=O)c(F)c2[nH]c1=O.CCc1nc2ccc(CN3CCN(c4ccc(C(=O)NC)nc4)CC3)c(F)c2[nH]c1=O. The molecule has 14 heteroatoms. The number of aryl methyl sites for hydroxylation is 2. The van der Waals surface area contributed by atoms with Gasteiger partial charge in [-0.2, -0.15) is 0 Å². The lowest BCUT2D eigenvalue weighted by Crippen LogP contribution is -2.46. The van der Waals surface area contributed by atoms with Gasteiger partial charge in [0.2, 0.25) is 0 Å². The van der Waals surface area contributed by atoms with E-state index in [9.17, 15) is 23.6 Å². The Morgan fingerprint density at radius 1 is 0.872 bits per heavy atom. The predicted molar refractivity (Wildman–Crippen MR) is 174 cm³/mol. The van der Waals surface area contributed by atoms with Gasteiger partial charge >= 0.3 is 0 Å². The first-order chi connectivity index (χ1) is 22.7. The van der Waals surface area contributed by atoms with E-state index in [0.29, 0.717) is 59.4 Å². The molecule has 2 aromatic carbocycles. The van der Waals surface area contributed by atoms with Gasteiger partial charge in [-0.05, 0) is 43.2 Å². The highest BCUT2D eigenvalue weighted by molar-refractivity contribution is 5.92. The summed E-state index contributed by atoms with van der Waals surface area (Å²) in [7, 11) is 1.58. The number of benzene rings is 2. The first kappa shape index (κ1) is 33.0. The molecule has 0 aliphatic carbocycles. The maximum atomic E-state index is 15.0. The van der Waals surface area contributed by atoms with Crippen LogP contribution in [0.25, 0.3) is 22.1 Å². The van der Waals surface area contributed by atoms with Crippen LogP contribution < -0.4 is 21.3 Å². The standard InChI is InChI=1S/C22H25FN6O2.C11H9FN2O2/c1-3-16-22(31)27-20-17(26-16)6-4-14(19(20)23)13-28-8-10-29(11-9-28)15-5-7-18(25-12-15)21(30)24-2;1-2-7-11(16)14-10-8(13-7)4-3-6(5-15)9(10)12/h4-7,12H,3,8-11,13H2,1-2H3,(H,24,30)(H,27,31);3-5H,2H2,1H3,(H,14,16). The number of carbonyl (C=O) groups excluding carboxylic acids is 2. The molecule has 0 unspecified atom stereocenters. The number of H-pyrrole nitrogens is 2. The molecule has 1 fully saturated rings. The summed E-state index contributed by atoms with van der Waals surface area (Å²) in [5, 5.41) is 2.56. The maximum Gasteiger partial charge on any atom is 0.270 e. The monoisotopic (exact) mass is 644 g/mol. The molecule has 12 nitrogen and oxygen atoms in total. The van der Waals surface area contributed by atoms with Crippen molar-refractivity contribution in [2.45, 2.75) is 33.2 Å². The van der Waals surface area contributed by atoms with Gasteiger partial charge in [-0.1, -0.05) is 19.9 Å². The van der Waals surface area contributed by atoms with E-state index in [0.717, 1.165) is 31.9 Å². The van der Waals surface area contributed by atoms with E-state index in [2.05, 4.69) is 40.0 Å². The first-order valence-corrected chi connectivity index (χ1v) is 15.2. The number of carbonyl (C=O) groups is 2. The average molecular weight is 645 g/mol. The molecule has 1 saturated heterocycles. The zero-order valence-corrected chi connectivity index (χ0v) is 26.2. The van der Waals surface area contributed by atoms with E-state index in [-0.39, 0.29) is 28.1 Å². The Kier molecular flexibility index (Phi) is 10.1. The Hall–Kier alpha value is -5.37. The minimum Gasteiger partial charge on any atom is -0.368 e. The summed E-state index contributed by atoms with van der Waals surface area (Å²) in [5.41, 5.74) is 2.76. The van der Waals surface area contributed by atoms with Crippen molar-refractivity contribution >= 4 is 39.9 Å². The molecule has 3 aromatic heterocycles. The lowest BCUT2D eigenvalue weighted by molar-refractivity contribution is 0.0958. The Bertz CT molecular complexity index is 2060. The fourth-order valence-electron chi connectivity index (χ4n) is 5.31. The highest BCUT2D eigenvalue weighted by Gasteiger charge is 2.20. The van der Waals surface area contributed by atoms with Crippen LogP contribution in [0.2, 0.25) is 0 Å². The van der Waals surface area contributed by atoms with Crippen molar-refractivity contribution in [3.05, 3.63) is 103 Å². The molecule has 1 amide bonds. The van der Waals surface area contributed by atoms with Crippen LogP contribution in [0.1, 0.15) is 51.6 Å². The molecule has 47 heavy (non-hydrogen) atoms. The largest absolute Gasteiger partial charge is 0.368 e. The number of pyridine rings is 1. The summed E-state index contributed by atoms with van der Waals surface area (Å²) >= 11 is 0. The van der Waals surface area contributed by atoms with Crippen molar-refractivity contribution in [1.82, 2.24) is 35.1 Å². The number of hydrogen-bond donors (Lipinski definition) is 3. The topological polar surface area (TPSA) is 157 Å². The number of halogens is 2. The van der Waals surface area contributed by atoms with Gasteiger partial charge in [-0.15, -0.1) is 0 Å². The van der Waals surface area contributed by atoms with Gasteiger partial charge in [0.1, 0.15) is 28.1 Å². The number of aromatic amines is 2. The van der Waals surface area contributed by atoms with E-state index in [1.165, 1.54) is 12.1 Å². The second-order valence-electron chi connectivity index (χ2n) is 10.9. The number of aldehydes is 1. The zero-order chi connectivity index (χ0) is 33.7. The highest BCUT2D eigenvalue weighted by atomic mass is 19.1. The predicted octanol–water partition coefficient (Wildman–Crippen LogP) is 3.14. The van der Waals surface area contributed by atoms with Gasteiger partial charge in [0.15, 0.2) is 17.9 Å². The third kappa shape index (κ3) is 7.07. The minimum absolute atomic E-state index is 0.0215. The lowest BCUT2D eigenvalue weighted by Gasteiger charge is -2.36.